The van der Waals surface area contributed by atoms with Gasteiger partial charge in [-0.25, -0.2) is 4.98 Å². The van der Waals surface area contributed by atoms with E-state index in [0.717, 1.165) is 5.75 Å². The van der Waals surface area contributed by atoms with Crippen LogP contribution in [-0.4, -0.2) is 34.1 Å². The van der Waals surface area contributed by atoms with Gasteiger partial charge in [-0.2, -0.15) is 16.7 Å². The summed E-state index contributed by atoms with van der Waals surface area (Å²) in [5.41, 5.74) is 0. The van der Waals surface area contributed by atoms with Crippen LogP contribution >= 0.6 is 11.8 Å². The Morgan fingerprint density at radius 1 is 1.44 bits per heavy atom. The topological polar surface area (TPSA) is 47.0 Å². The number of nitrogens with one attached hydrogen (secondary N) is 1. The lowest BCUT2D eigenvalue weighted by Crippen LogP contribution is -2.19. The van der Waals surface area contributed by atoms with Crippen LogP contribution in [0.5, 0.6) is 5.88 Å². The smallest absolute Gasteiger partial charge is 0.226 e. The first-order valence-corrected chi connectivity index (χ1v) is 6.76. The summed E-state index contributed by atoms with van der Waals surface area (Å²) in [5, 5.41) is 3.23. The summed E-state index contributed by atoms with van der Waals surface area (Å²) in [5.74, 6) is 2.27. The quantitative estimate of drug-likeness (QED) is 0.829. The van der Waals surface area contributed by atoms with E-state index >= 15 is 0 Å². The Kier molecular flexibility index (Phi) is 5.38. The van der Waals surface area contributed by atoms with E-state index in [0.29, 0.717) is 17.9 Å². The maximum Gasteiger partial charge on any atom is 0.226 e. The Hall–Kier alpha value is -0.970. The first kappa shape index (κ1) is 13.1. The fraction of sp³-hybridized carbons (Fsp3) is 0.636. The minimum Gasteiger partial charge on any atom is -0.475 e. The Bertz CT molecular complexity index is 320. The van der Waals surface area contributed by atoms with Crippen LogP contribution in [0.25, 0.3) is 0 Å². The lowest BCUT2D eigenvalue weighted by Gasteiger charge is -2.13. The van der Waals surface area contributed by atoms with Gasteiger partial charge in [0.25, 0.3) is 0 Å². The molecule has 1 aromatic heterocycles. The number of nitrogens with zero attached hydrogens (tertiary/aromatic N) is 2. The third-order valence-corrected chi connectivity index (χ3v) is 2.61. The number of aromatic nitrogens is 2. The Morgan fingerprint density at radius 2 is 2.19 bits per heavy atom. The molecule has 16 heavy (non-hydrogen) atoms. The second-order valence-corrected chi connectivity index (χ2v) is 4.80. The minimum atomic E-state index is 0.131. The third-order valence-electron chi connectivity index (χ3n) is 1.78. The van der Waals surface area contributed by atoms with E-state index in [4.69, 9.17) is 4.74 Å². The molecular formula is C11H19N3OS. The van der Waals surface area contributed by atoms with E-state index in [1.54, 1.807) is 24.0 Å². The van der Waals surface area contributed by atoms with Crippen LogP contribution in [0.2, 0.25) is 0 Å². The van der Waals surface area contributed by atoms with E-state index in [1.807, 2.05) is 13.8 Å². The lowest BCUT2D eigenvalue weighted by atomic mass is 10.4. The molecule has 0 radical (unpaired) electrons. The molecule has 1 atom stereocenters. The standard InChI is InChI=1S/C11H19N3OS/c1-8(2)15-10-5-6-12-11(14-10)13-9(3)7-16-4/h5-6,8-9H,7H2,1-4H3,(H,12,13,14). The van der Waals surface area contributed by atoms with Gasteiger partial charge in [-0.05, 0) is 27.0 Å². The zero-order chi connectivity index (χ0) is 12.0. The molecular weight excluding hydrogens is 222 g/mol. The number of hydrogen-bond acceptors (Lipinski definition) is 5. The summed E-state index contributed by atoms with van der Waals surface area (Å²) in [4.78, 5) is 8.44. The molecule has 0 spiro atoms. The van der Waals surface area contributed by atoms with E-state index in [-0.39, 0.29) is 6.10 Å². The lowest BCUT2D eigenvalue weighted by molar-refractivity contribution is 0.232. The van der Waals surface area contributed by atoms with Crippen LogP contribution in [0.3, 0.4) is 0 Å². The van der Waals surface area contributed by atoms with E-state index < -0.39 is 0 Å². The molecule has 1 aromatic rings. The zero-order valence-corrected chi connectivity index (χ0v) is 11.0. The molecule has 4 nitrogen and oxygen atoms in total. The second kappa shape index (κ2) is 6.58. The van der Waals surface area contributed by atoms with Crippen molar-refractivity contribution in [2.45, 2.75) is 32.9 Å². The molecule has 90 valence electrons. The van der Waals surface area contributed by atoms with Crippen molar-refractivity contribution in [2.24, 2.45) is 0 Å². The van der Waals surface area contributed by atoms with Crippen LogP contribution in [-0.2, 0) is 0 Å². The maximum absolute atomic E-state index is 5.50. The molecule has 0 amide bonds. The van der Waals surface area contributed by atoms with Crippen LogP contribution in [0.15, 0.2) is 12.3 Å². The van der Waals surface area contributed by atoms with Crippen molar-refractivity contribution >= 4 is 17.7 Å². The number of rotatable bonds is 6. The molecule has 1 heterocycles. The number of thioether (sulfide) groups is 1. The fourth-order valence-corrected chi connectivity index (χ4v) is 1.81. The highest BCUT2D eigenvalue weighted by Crippen LogP contribution is 2.11. The molecule has 1 rings (SSSR count). The zero-order valence-electron chi connectivity index (χ0n) is 10.2. The number of ether oxygens (including phenoxy) is 1. The van der Waals surface area contributed by atoms with Crippen molar-refractivity contribution < 1.29 is 4.74 Å². The average molecular weight is 241 g/mol. The normalized spacial score (nSPS) is 12.6. The van der Waals surface area contributed by atoms with E-state index in [1.165, 1.54) is 0 Å². The SMILES string of the molecule is CSCC(C)Nc1nccc(OC(C)C)n1. The van der Waals surface area contributed by atoms with E-state index in [2.05, 4.69) is 28.5 Å². The monoisotopic (exact) mass is 241 g/mol. The Labute approximate surface area is 101 Å². The van der Waals surface area contributed by atoms with Gasteiger partial charge < -0.3 is 10.1 Å². The first-order chi connectivity index (χ1) is 7.61. The van der Waals surface area contributed by atoms with Gasteiger partial charge in [0.2, 0.25) is 11.8 Å². The molecule has 0 aliphatic heterocycles. The Morgan fingerprint density at radius 3 is 2.81 bits per heavy atom. The van der Waals surface area contributed by atoms with Gasteiger partial charge in [-0.15, -0.1) is 0 Å². The maximum atomic E-state index is 5.50. The molecule has 0 aromatic carbocycles. The highest BCUT2D eigenvalue weighted by atomic mass is 32.2. The van der Waals surface area contributed by atoms with E-state index in [9.17, 15) is 0 Å². The van der Waals surface area contributed by atoms with Crippen molar-refractivity contribution in [2.75, 3.05) is 17.3 Å². The Balaban J connectivity index is 2.59. The van der Waals surface area contributed by atoms with Crippen molar-refractivity contribution in [1.29, 1.82) is 0 Å². The summed E-state index contributed by atoms with van der Waals surface area (Å²) < 4.78 is 5.50. The van der Waals surface area contributed by atoms with Crippen LogP contribution < -0.4 is 10.1 Å². The average Bonchev–Trinajstić information content (AvgIpc) is 2.17. The molecule has 5 heteroatoms. The van der Waals surface area contributed by atoms with Crippen molar-refractivity contribution in [1.82, 2.24) is 9.97 Å². The van der Waals surface area contributed by atoms with Gasteiger partial charge in [-0.1, -0.05) is 0 Å². The molecule has 0 saturated carbocycles. The second-order valence-electron chi connectivity index (χ2n) is 3.89. The van der Waals surface area contributed by atoms with Gasteiger partial charge in [0.1, 0.15) is 0 Å². The van der Waals surface area contributed by atoms with Crippen LogP contribution in [0.4, 0.5) is 5.95 Å². The summed E-state index contributed by atoms with van der Waals surface area (Å²) >= 11 is 1.79. The molecule has 0 saturated heterocycles. The molecule has 1 unspecified atom stereocenters. The van der Waals surface area contributed by atoms with Gasteiger partial charge in [0.05, 0.1) is 6.10 Å². The summed E-state index contributed by atoms with van der Waals surface area (Å²) in [6.07, 6.45) is 3.92. The van der Waals surface area contributed by atoms with Crippen molar-refractivity contribution in [3.63, 3.8) is 0 Å². The third kappa shape index (κ3) is 4.70. The fourth-order valence-electron chi connectivity index (χ4n) is 1.23. The molecule has 1 N–H and O–H groups in total. The minimum absolute atomic E-state index is 0.131. The predicted octanol–water partition coefficient (Wildman–Crippen LogP) is 2.43. The summed E-state index contributed by atoms with van der Waals surface area (Å²) in [6.45, 7) is 6.06. The summed E-state index contributed by atoms with van der Waals surface area (Å²) in [7, 11) is 0. The van der Waals surface area contributed by atoms with Crippen LogP contribution in [0.1, 0.15) is 20.8 Å². The highest BCUT2D eigenvalue weighted by Gasteiger charge is 2.05. The van der Waals surface area contributed by atoms with Crippen LogP contribution in [0, 0.1) is 0 Å². The molecule has 0 bridgehead atoms. The summed E-state index contributed by atoms with van der Waals surface area (Å²) in [6, 6.07) is 2.12. The number of hydrogen-bond donors (Lipinski definition) is 1. The molecule has 0 aliphatic rings. The predicted molar refractivity (Wildman–Crippen MR) is 69.3 cm³/mol. The molecule has 0 fully saturated rings. The molecule has 0 aliphatic carbocycles. The van der Waals surface area contributed by atoms with Crippen molar-refractivity contribution in [3.8, 4) is 5.88 Å². The van der Waals surface area contributed by atoms with Crippen molar-refractivity contribution in [3.05, 3.63) is 12.3 Å². The van der Waals surface area contributed by atoms with Gasteiger partial charge >= 0.3 is 0 Å². The van der Waals surface area contributed by atoms with Gasteiger partial charge in [0.15, 0.2) is 0 Å². The van der Waals surface area contributed by atoms with Gasteiger partial charge in [0, 0.05) is 24.1 Å². The number of anilines is 1. The first-order valence-electron chi connectivity index (χ1n) is 5.37. The highest BCUT2D eigenvalue weighted by molar-refractivity contribution is 7.98. The van der Waals surface area contributed by atoms with Gasteiger partial charge in [-0.3, -0.25) is 0 Å². The largest absolute Gasteiger partial charge is 0.475 e.